The van der Waals surface area contributed by atoms with Gasteiger partial charge in [-0.25, -0.2) is 4.79 Å². The summed E-state index contributed by atoms with van der Waals surface area (Å²) in [6.07, 6.45) is 0. The van der Waals surface area contributed by atoms with Crippen molar-refractivity contribution in [1.82, 2.24) is 0 Å². The van der Waals surface area contributed by atoms with Gasteiger partial charge in [0.05, 0.1) is 18.8 Å². The zero-order chi connectivity index (χ0) is 32.6. The van der Waals surface area contributed by atoms with Crippen LogP contribution in [0, 0.1) is 6.92 Å². The zero-order valence-electron chi connectivity index (χ0n) is 25.8. The van der Waals surface area contributed by atoms with Crippen LogP contribution < -0.4 is 4.90 Å². The number of ketones is 2. The topological polar surface area (TPSA) is 85.3 Å². The molecule has 0 N–H and O–H groups in total. The minimum absolute atomic E-state index is 0.0292. The fourth-order valence-electron chi connectivity index (χ4n) is 5.20. The first-order valence-electron chi connectivity index (χ1n) is 15.3. The second kappa shape index (κ2) is 14.9. The van der Waals surface area contributed by atoms with Crippen LogP contribution in [0.2, 0.25) is 0 Å². The smallest absolute Gasteiger partial charge is 0.365 e. The summed E-state index contributed by atoms with van der Waals surface area (Å²) < 4.78 is 5.43. The van der Waals surface area contributed by atoms with Crippen molar-refractivity contribution in [3.63, 3.8) is 0 Å². The van der Waals surface area contributed by atoms with Crippen LogP contribution in [-0.4, -0.2) is 49.6 Å². The number of hydrogen-bond donors (Lipinski definition) is 0. The normalized spacial score (nSPS) is 13.2. The van der Waals surface area contributed by atoms with Gasteiger partial charge >= 0.3 is 5.97 Å². The molecule has 0 amide bonds. The van der Waals surface area contributed by atoms with E-state index in [1.165, 1.54) is 11.8 Å². The maximum atomic E-state index is 13.7. The first kappa shape index (κ1) is 31.7. The van der Waals surface area contributed by atoms with Gasteiger partial charge in [-0.15, -0.1) is 0 Å². The summed E-state index contributed by atoms with van der Waals surface area (Å²) in [6, 6.07) is 38.3. The molecule has 8 heteroatoms. The molecular weight excluding hydrogens is 609 g/mol. The van der Waals surface area contributed by atoms with Crippen molar-refractivity contribution in [2.45, 2.75) is 16.7 Å². The number of carbonyl (C=O) groups is 3. The molecule has 234 valence electrons. The van der Waals surface area contributed by atoms with Crippen molar-refractivity contribution < 1.29 is 24.0 Å². The molecule has 0 aromatic heterocycles. The maximum Gasteiger partial charge on any atom is 0.365 e. The average Bonchev–Trinajstić information content (AvgIpc) is 3.13. The van der Waals surface area contributed by atoms with E-state index in [9.17, 15) is 14.4 Å². The lowest BCUT2D eigenvalue weighted by atomic mass is 9.97. The van der Waals surface area contributed by atoms with E-state index in [4.69, 9.17) is 9.57 Å². The van der Waals surface area contributed by atoms with Gasteiger partial charge < -0.3 is 14.5 Å². The third-order valence-corrected chi connectivity index (χ3v) is 8.83. The highest BCUT2D eigenvalue weighted by molar-refractivity contribution is 7.99. The SMILES string of the molecule is Cc1ccccc1/C(=N/OC(=O)c1ccccc1)C(=O)c1ccc(Sc2ccc(C(=O)c3ccc(N4CCOCC4)cc3)cc2)cc1. The van der Waals surface area contributed by atoms with Gasteiger partial charge in [-0.1, -0.05) is 59.4 Å². The Balaban J connectivity index is 1.12. The van der Waals surface area contributed by atoms with Crippen LogP contribution in [0.4, 0.5) is 5.69 Å². The molecule has 0 atom stereocenters. The summed E-state index contributed by atoms with van der Waals surface area (Å²) in [5.41, 5.74) is 4.56. The number of oxime groups is 1. The molecule has 1 aliphatic rings. The number of hydrogen-bond acceptors (Lipinski definition) is 8. The lowest BCUT2D eigenvalue weighted by Gasteiger charge is -2.28. The number of carbonyl (C=O) groups excluding carboxylic acids is 3. The summed E-state index contributed by atoms with van der Waals surface area (Å²) in [7, 11) is 0. The van der Waals surface area contributed by atoms with Crippen LogP contribution in [-0.2, 0) is 9.57 Å². The summed E-state index contributed by atoms with van der Waals surface area (Å²) in [5.74, 6) is -1.04. The van der Waals surface area contributed by atoms with Crippen molar-refractivity contribution in [2.75, 3.05) is 31.2 Å². The maximum absolute atomic E-state index is 13.7. The van der Waals surface area contributed by atoms with E-state index in [2.05, 4.69) is 10.1 Å². The third-order valence-electron chi connectivity index (χ3n) is 7.82. The fourth-order valence-corrected chi connectivity index (χ4v) is 6.02. The van der Waals surface area contributed by atoms with E-state index in [0.29, 0.717) is 41.0 Å². The molecule has 0 spiro atoms. The molecule has 0 unspecified atom stereocenters. The van der Waals surface area contributed by atoms with Gasteiger partial charge in [-0.2, -0.15) is 0 Å². The monoisotopic (exact) mass is 640 g/mol. The van der Waals surface area contributed by atoms with E-state index in [0.717, 1.165) is 34.1 Å². The molecule has 1 aliphatic heterocycles. The van der Waals surface area contributed by atoms with E-state index in [-0.39, 0.29) is 17.3 Å². The number of ether oxygens (including phenoxy) is 1. The quantitative estimate of drug-likeness (QED) is 0.0671. The molecule has 7 nitrogen and oxygen atoms in total. The Morgan fingerprint density at radius 2 is 1.21 bits per heavy atom. The van der Waals surface area contributed by atoms with Crippen LogP contribution >= 0.6 is 11.8 Å². The fraction of sp³-hybridized carbons (Fsp3) is 0.128. The minimum Gasteiger partial charge on any atom is -0.378 e. The molecule has 5 aromatic carbocycles. The number of aryl methyl sites for hydroxylation is 1. The van der Waals surface area contributed by atoms with Gasteiger partial charge in [-0.05, 0) is 97.4 Å². The van der Waals surface area contributed by atoms with Gasteiger partial charge in [0.25, 0.3) is 0 Å². The van der Waals surface area contributed by atoms with E-state index in [1.807, 2.05) is 85.8 Å². The Kier molecular flexibility index (Phi) is 10.0. The first-order chi connectivity index (χ1) is 23.0. The standard InChI is InChI=1S/C39H32N2O5S/c1-27-7-5-6-10-35(27)36(40-46-39(44)31-8-3-2-4-9-31)38(43)30-15-21-34(22-16-30)47-33-19-13-29(14-20-33)37(42)28-11-17-32(18-12-28)41-23-25-45-26-24-41/h2-22H,23-26H2,1H3/b40-36-. The molecule has 0 radical (unpaired) electrons. The molecule has 1 heterocycles. The lowest BCUT2D eigenvalue weighted by molar-refractivity contribution is 0.0516. The third kappa shape index (κ3) is 7.74. The van der Waals surface area contributed by atoms with Gasteiger partial charge in [0.2, 0.25) is 5.78 Å². The number of anilines is 1. The predicted octanol–water partition coefficient (Wildman–Crippen LogP) is 7.66. The summed E-state index contributed by atoms with van der Waals surface area (Å²) >= 11 is 1.52. The number of benzene rings is 5. The molecular formula is C39H32N2O5S. The molecule has 0 saturated carbocycles. The molecule has 6 rings (SSSR count). The van der Waals surface area contributed by atoms with E-state index in [1.54, 1.807) is 48.5 Å². The van der Waals surface area contributed by atoms with Gasteiger partial charge in [0, 0.05) is 50.8 Å². The van der Waals surface area contributed by atoms with Crippen LogP contribution in [0.3, 0.4) is 0 Å². The molecule has 1 fully saturated rings. The molecule has 1 saturated heterocycles. The second-order valence-electron chi connectivity index (χ2n) is 11.0. The Bertz CT molecular complexity index is 1900. The zero-order valence-corrected chi connectivity index (χ0v) is 26.6. The summed E-state index contributed by atoms with van der Waals surface area (Å²) in [4.78, 5) is 48.7. The average molecular weight is 641 g/mol. The largest absolute Gasteiger partial charge is 0.378 e. The Morgan fingerprint density at radius 1 is 0.660 bits per heavy atom. The lowest BCUT2D eigenvalue weighted by Crippen LogP contribution is -2.36. The Labute approximate surface area is 277 Å². The number of nitrogens with zero attached hydrogens (tertiary/aromatic N) is 2. The molecule has 5 aromatic rings. The van der Waals surface area contributed by atoms with Gasteiger partial charge in [-0.3, -0.25) is 9.59 Å². The van der Waals surface area contributed by atoms with Crippen LogP contribution in [0.1, 0.15) is 47.8 Å². The van der Waals surface area contributed by atoms with Crippen LogP contribution in [0.15, 0.2) is 142 Å². The van der Waals surface area contributed by atoms with E-state index >= 15 is 0 Å². The molecule has 0 aliphatic carbocycles. The highest BCUT2D eigenvalue weighted by Gasteiger charge is 2.21. The summed E-state index contributed by atoms with van der Waals surface area (Å²) in [5, 5.41) is 4.05. The number of Topliss-reactive ketones (excluding diaryl/α,β-unsaturated/α-hetero) is 1. The van der Waals surface area contributed by atoms with Crippen molar-refractivity contribution in [3.8, 4) is 0 Å². The van der Waals surface area contributed by atoms with Gasteiger partial charge in [0.15, 0.2) is 11.5 Å². The highest BCUT2D eigenvalue weighted by atomic mass is 32.2. The van der Waals surface area contributed by atoms with E-state index < -0.39 is 5.97 Å². The highest BCUT2D eigenvalue weighted by Crippen LogP contribution is 2.29. The second-order valence-corrected chi connectivity index (χ2v) is 12.1. The van der Waals surface area contributed by atoms with Crippen molar-refractivity contribution >= 4 is 40.7 Å². The van der Waals surface area contributed by atoms with Gasteiger partial charge in [0.1, 0.15) is 0 Å². The predicted molar refractivity (Wildman–Crippen MR) is 184 cm³/mol. The molecule has 0 bridgehead atoms. The Morgan fingerprint density at radius 3 is 1.83 bits per heavy atom. The molecule has 47 heavy (non-hydrogen) atoms. The number of morpholine rings is 1. The minimum atomic E-state index is -0.648. The Hall–Kier alpha value is -5.31. The van der Waals surface area contributed by atoms with Crippen LogP contribution in [0.25, 0.3) is 0 Å². The number of rotatable bonds is 10. The van der Waals surface area contributed by atoms with Crippen molar-refractivity contribution in [3.05, 3.63) is 161 Å². The summed E-state index contributed by atoms with van der Waals surface area (Å²) in [6.45, 7) is 5.00. The van der Waals surface area contributed by atoms with Crippen molar-refractivity contribution in [2.24, 2.45) is 5.16 Å². The van der Waals surface area contributed by atoms with Crippen LogP contribution in [0.5, 0.6) is 0 Å². The first-order valence-corrected chi connectivity index (χ1v) is 16.1. The van der Waals surface area contributed by atoms with Crippen molar-refractivity contribution in [1.29, 1.82) is 0 Å².